The molecule has 0 aliphatic carbocycles. The van der Waals surface area contributed by atoms with Crippen LogP contribution in [-0.4, -0.2) is 47.4 Å². The Labute approximate surface area is 200 Å². The summed E-state index contributed by atoms with van der Waals surface area (Å²) in [5.74, 6) is -1.22. The number of carboxylic acid groups (broad SMARTS) is 1. The molecule has 1 amide bonds. The first-order valence-corrected chi connectivity index (χ1v) is 11.8. The van der Waals surface area contributed by atoms with Crippen molar-refractivity contribution in [1.29, 1.82) is 0 Å². The van der Waals surface area contributed by atoms with Crippen LogP contribution in [-0.2, 0) is 14.3 Å². The highest BCUT2D eigenvalue weighted by Gasteiger charge is 2.27. The molecule has 1 aromatic carbocycles. The van der Waals surface area contributed by atoms with Gasteiger partial charge >= 0.3 is 5.97 Å². The lowest BCUT2D eigenvalue weighted by Gasteiger charge is -2.35. The Hall–Kier alpha value is -3.13. The van der Waals surface area contributed by atoms with E-state index in [9.17, 15) is 19.5 Å². The zero-order valence-corrected chi connectivity index (χ0v) is 20.4. The monoisotopic (exact) mass is 469 g/mol. The summed E-state index contributed by atoms with van der Waals surface area (Å²) in [5.41, 5.74) is 2.25. The Balaban J connectivity index is 1.90. The molecule has 2 N–H and O–H groups in total. The zero-order chi connectivity index (χ0) is 24.8. The number of pyridine rings is 1. The fourth-order valence-corrected chi connectivity index (χ4v) is 4.37. The van der Waals surface area contributed by atoms with Gasteiger partial charge in [0.2, 0.25) is 5.91 Å². The molecule has 3 rings (SSSR count). The van der Waals surface area contributed by atoms with E-state index in [1.165, 1.54) is 10.6 Å². The van der Waals surface area contributed by atoms with Gasteiger partial charge in [0.15, 0.2) is 0 Å². The van der Waals surface area contributed by atoms with E-state index in [-0.39, 0.29) is 29.8 Å². The van der Waals surface area contributed by atoms with Gasteiger partial charge < -0.3 is 24.6 Å². The predicted molar refractivity (Wildman–Crippen MR) is 131 cm³/mol. The Morgan fingerprint density at radius 2 is 2.00 bits per heavy atom. The lowest BCUT2D eigenvalue weighted by atomic mass is 9.99. The number of anilines is 1. The van der Waals surface area contributed by atoms with Crippen molar-refractivity contribution in [3.8, 4) is 0 Å². The van der Waals surface area contributed by atoms with Gasteiger partial charge in [-0.3, -0.25) is 14.4 Å². The van der Waals surface area contributed by atoms with Crippen LogP contribution in [0.1, 0.15) is 56.8 Å². The molecule has 1 aliphatic heterocycles. The average molecular weight is 470 g/mol. The van der Waals surface area contributed by atoms with E-state index in [1.807, 2.05) is 45.0 Å². The number of hydrogen-bond acceptors (Lipinski definition) is 5. The maximum Gasteiger partial charge on any atom is 0.305 e. The van der Waals surface area contributed by atoms with Crippen LogP contribution in [0.4, 0.5) is 5.69 Å². The summed E-state index contributed by atoms with van der Waals surface area (Å²) in [4.78, 5) is 40.0. The fourth-order valence-electron chi connectivity index (χ4n) is 4.37. The molecule has 2 heterocycles. The Morgan fingerprint density at radius 1 is 1.24 bits per heavy atom. The molecule has 0 radical (unpaired) electrons. The second-order valence-electron chi connectivity index (χ2n) is 9.47. The van der Waals surface area contributed by atoms with E-state index in [1.54, 1.807) is 12.3 Å². The van der Waals surface area contributed by atoms with E-state index >= 15 is 0 Å². The van der Waals surface area contributed by atoms with E-state index in [0.717, 1.165) is 17.8 Å². The van der Waals surface area contributed by atoms with Gasteiger partial charge in [-0.2, -0.15) is 0 Å². The van der Waals surface area contributed by atoms with Crippen LogP contribution < -0.4 is 15.8 Å². The summed E-state index contributed by atoms with van der Waals surface area (Å²) >= 11 is 0. The molecule has 1 saturated heterocycles. The number of benzene rings is 1. The molecular formula is C26H35N3O5. The number of carbonyl (C=O) groups is 2. The second kappa shape index (κ2) is 11.3. The Kier molecular flexibility index (Phi) is 8.50. The summed E-state index contributed by atoms with van der Waals surface area (Å²) in [6.45, 7) is 9.89. The van der Waals surface area contributed by atoms with Gasteiger partial charge in [0.05, 0.1) is 25.7 Å². The third-order valence-corrected chi connectivity index (χ3v) is 6.10. The van der Waals surface area contributed by atoms with Crippen molar-refractivity contribution in [3.63, 3.8) is 0 Å². The molecule has 8 nitrogen and oxygen atoms in total. The van der Waals surface area contributed by atoms with E-state index in [2.05, 4.69) is 17.1 Å². The number of aromatic nitrogens is 1. The minimum Gasteiger partial charge on any atom is -0.481 e. The van der Waals surface area contributed by atoms with Gasteiger partial charge in [-0.15, -0.1) is 0 Å². The highest BCUT2D eigenvalue weighted by atomic mass is 16.5. The van der Waals surface area contributed by atoms with Crippen LogP contribution in [0.5, 0.6) is 0 Å². The number of nitrogens with zero attached hydrogens (tertiary/aromatic N) is 2. The molecule has 1 aliphatic rings. The number of carboxylic acids is 1. The third-order valence-electron chi connectivity index (χ3n) is 6.10. The standard InChI is InChI=1S/C26H35N3O5/c1-17(2)12-23(29-9-8-18(3)13-24(29)30)26(33)27-22(15-25(31)32)20-6-5-7-21(14-20)28-10-11-34-16-19(28)4/h5-9,13-14,17,19,22-23H,10-12,15-16H2,1-4H3,(H,27,33)(H,31,32)/t19-,22-,23-/m0/s1. The van der Waals surface area contributed by atoms with Crippen LogP contribution >= 0.6 is 0 Å². The zero-order valence-electron chi connectivity index (χ0n) is 20.4. The van der Waals surface area contributed by atoms with Crippen LogP contribution in [0.3, 0.4) is 0 Å². The molecule has 8 heteroatoms. The molecule has 1 fully saturated rings. The maximum atomic E-state index is 13.4. The molecule has 0 unspecified atom stereocenters. The van der Waals surface area contributed by atoms with Crippen molar-refractivity contribution < 1.29 is 19.4 Å². The van der Waals surface area contributed by atoms with Crippen LogP contribution in [0, 0.1) is 12.8 Å². The van der Waals surface area contributed by atoms with Crippen molar-refractivity contribution in [1.82, 2.24) is 9.88 Å². The minimum absolute atomic E-state index is 0.160. The lowest BCUT2D eigenvalue weighted by molar-refractivity contribution is -0.138. The number of amides is 1. The molecule has 0 saturated carbocycles. The SMILES string of the molecule is Cc1ccn([C@@H](CC(C)C)C(=O)N[C@@H](CC(=O)O)c2cccc(N3CCOC[C@@H]3C)c2)c(=O)c1. The summed E-state index contributed by atoms with van der Waals surface area (Å²) in [6.07, 6.45) is 1.84. The average Bonchev–Trinajstić information content (AvgIpc) is 2.77. The Morgan fingerprint density at radius 3 is 2.65 bits per heavy atom. The first-order valence-electron chi connectivity index (χ1n) is 11.8. The third kappa shape index (κ3) is 6.47. The van der Waals surface area contributed by atoms with E-state index in [0.29, 0.717) is 25.2 Å². The number of hydrogen-bond donors (Lipinski definition) is 2. The number of aliphatic carboxylic acids is 1. The van der Waals surface area contributed by atoms with Gasteiger partial charge in [-0.25, -0.2) is 0 Å². The fraction of sp³-hybridized carbons (Fsp3) is 0.500. The molecule has 184 valence electrons. The molecule has 2 aromatic rings. The number of morpholine rings is 1. The number of carbonyl (C=O) groups excluding carboxylic acids is 1. The van der Waals surface area contributed by atoms with Crippen LogP contribution in [0.25, 0.3) is 0 Å². The normalized spacial score (nSPS) is 17.9. The van der Waals surface area contributed by atoms with Crippen LogP contribution in [0.15, 0.2) is 47.4 Å². The largest absolute Gasteiger partial charge is 0.481 e. The van der Waals surface area contributed by atoms with Crippen molar-refractivity contribution in [2.75, 3.05) is 24.7 Å². The summed E-state index contributed by atoms with van der Waals surface area (Å²) in [5, 5.41) is 12.5. The molecular weight excluding hydrogens is 434 g/mol. The van der Waals surface area contributed by atoms with Gasteiger partial charge in [-0.05, 0) is 55.5 Å². The van der Waals surface area contributed by atoms with E-state index in [4.69, 9.17) is 4.74 Å². The summed E-state index contributed by atoms with van der Waals surface area (Å²) < 4.78 is 6.97. The molecule has 0 spiro atoms. The van der Waals surface area contributed by atoms with Crippen molar-refractivity contribution >= 4 is 17.6 Å². The molecule has 3 atom stereocenters. The maximum absolute atomic E-state index is 13.4. The van der Waals surface area contributed by atoms with Gasteiger partial charge in [0.25, 0.3) is 5.56 Å². The summed E-state index contributed by atoms with van der Waals surface area (Å²) in [7, 11) is 0. The Bertz CT molecular complexity index is 1060. The number of rotatable bonds is 9. The quantitative estimate of drug-likeness (QED) is 0.584. The van der Waals surface area contributed by atoms with Gasteiger partial charge in [-0.1, -0.05) is 26.0 Å². The van der Waals surface area contributed by atoms with Crippen molar-refractivity contribution in [2.45, 2.75) is 58.7 Å². The van der Waals surface area contributed by atoms with Gasteiger partial charge in [0, 0.05) is 30.5 Å². The summed E-state index contributed by atoms with van der Waals surface area (Å²) in [6, 6.07) is 9.67. The lowest BCUT2D eigenvalue weighted by Crippen LogP contribution is -2.43. The topological polar surface area (TPSA) is 101 Å². The minimum atomic E-state index is -1.01. The highest BCUT2D eigenvalue weighted by Crippen LogP contribution is 2.27. The smallest absolute Gasteiger partial charge is 0.305 e. The molecule has 1 aromatic heterocycles. The number of aryl methyl sites for hydroxylation is 1. The van der Waals surface area contributed by atoms with Crippen molar-refractivity contribution in [3.05, 3.63) is 64.1 Å². The van der Waals surface area contributed by atoms with Crippen molar-refractivity contribution in [2.24, 2.45) is 5.92 Å². The first-order chi connectivity index (χ1) is 16.2. The van der Waals surface area contributed by atoms with Crippen LogP contribution in [0.2, 0.25) is 0 Å². The number of ether oxygens (including phenoxy) is 1. The van der Waals surface area contributed by atoms with E-state index < -0.39 is 18.1 Å². The highest BCUT2D eigenvalue weighted by molar-refractivity contribution is 5.81. The molecule has 0 bridgehead atoms. The van der Waals surface area contributed by atoms with Gasteiger partial charge in [0.1, 0.15) is 6.04 Å². The second-order valence-corrected chi connectivity index (χ2v) is 9.47. The first kappa shape index (κ1) is 25.5. The predicted octanol–water partition coefficient (Wildman–Crippen LogP) is 3.30. The molecule has 34 heavy (non-hydrogen) atoms. The number of nitrogens with one attached hydrogen (secondary N) is 1.